The summed E-state index contributed by atoms with van der Waals surface area (Å²) in [6.07, 6.45) is 7.74. The van der Waals surface area contributed by atoms with Crippen LogP contribution in [0, 0.1) is 0 Å². The predicted molar refractivity (Wildman–Crippen MR) is 80.3 cm³/mol. The summed E-state index contributed by atoms with van der Waals surface area (Å²) in [4.78, 5) is 2.73. The zero-order chi connectivity index (χ0) is 14.1. The van der Waals surface area contributed by atoms with Crippen LogP contribution >= 0.6 is 0 Å². The van der Waals surface area contributed by atoms with Gasteiger partial charge in [-0.2, -0.15) is 0 Å². The molecule has 0 amide bonds. The van der Waals surface area contributed by atoms with Crippen LogP contribution < -0.4 is 5.73 Å². The molecule has 0 radical (unpaired) electrons. The van der Waals surface area contributed by atoms with Crippen LogP contribution in [0.3, 0.4) is 0 Å². The molecular formula is C16H32N2O. The number of ether oxygens (including phenoxy) is 1. The van der Waals surface area contributed by atoms with Crippen LogP contribution in [-0.4, -0.2) is 41.3 Å². The first-order valence-corrected chi connectivity index (χ1v) is 8.02. The molecule has 2 aliphatic rings. The maximum absolute atomic E-state index is 6.30. The van der Waals surface area contributed by atoms with E-state index in [0.29, 0.717) is 6.04 Å². The fraction of sp³-hybridized carbons (Fsp3) is 1.00. The molecule has 2 rings (SSSR count). The van der Waals surface area contributed by atoms with Crippen molar-refractivity contribution in [2.75, 3.05) is 13.1 Å². The zero-order valence-electron chi connectivity index (χ0n) is 13.2. The molecule has 1 aliphatic carbocycles. The molecule has 2 fully saturated rings. The molecule has 3 nitrogen and oxygen atoms in total. The molecule has 1 aliphatic heterocycles. The number of hydrogen-bond acceptors (Lipinski definition) is 3. The second kappa shape index (κ2) is 5.71. The maximum atomic E-state index is 6.30. The van der Waals surface area contributed by atoms with E-state index in [1.165, 1.54) is 25.7 Å². The predicted octanol–water partition coefficient (Wildman–Crippen LogP) is 2.93. The molecular weight excluding hydrogens is 236 g/mol. The van der Waals surface area contributed by atoms with Crippen molar-refractivity contribution in [2.45, 2.75) is 89.5 Å². The SMILES string of the molecule is CC1(C)CC(N(CCCN)C2CCCC2)C(C)(C)O1. The van der Waals surface area contributed by atoms with Crippen molar-refractivity contribution in [3.8, 4) is 0 Å². The third kappa shape index (κ3) is 3.50. The molecule has 19 heavy (non-hydrogen) atoms. The molecule has 0 aromatic carbocycles. The van der Waals surface area contributed by atoms with Crippen molar-refractivity contribution >= 4 is 0 Å². The Balaban J connectivity index is 2.12. The maximum Gasteiger partial charge on any atom is 0.0789 e. The van der Waals surface area contributed by atoms with Crippen LogP contribution in [0.1, 0.15) is 66.2 Å². The Hall–Kier alpha value is -0.120. The van der Waals surface area contributed by atoms with E-state index in [1.54, 1.807) is 0 Å². The quantitative estimate of drug-likeness (QED) is 0.833. The minimum Gasteiger partial charge on any atom is -0.368 e. The van der Waals surface area contributed by atoms with Crippen LogP contribution in [0.25, 0.3) is 0 Å². The number of rotatable bonds is 5. The average Bonchev–Trinajstić information content (AvgIpc) is 2.86. The lowest BCUT2D eigenvalue weighted by molar-refractivity contribution is -0.0841. The van der Waals surface area contributed by atoms with Crippen LogP contribution in [0.4, 0.5) is 0 Å². The summed E-state index contributed by atoms with van der Waals surface area (Å²) >= 11 is 0. The van der Waals surface area contributed by atoms with Crippen LogP contribution in [0.15, 0.2) is 0 Å². The molecule has 1 atom stereocenters. The summed E-state index contributed by atoms with van der Waals surface area (Å²) in [5.74, 6) is 0. The van der Waals surface area contributed by atoms with Gasteiger partial charge in [0.25, 0.3) is 0 Å². The fourth-order valence-electron chi connectivity index (χ4n) is 4.15. The highest BCUT2D eigenvalue weighted by atomic mass is 16.5. The van der Waals surface area contributed by atoms with E-state index in [-0.39, 0.29) is 11.2 Å². The summed E-state index contributed by atoms with van der Waals surface area (Å²) in [5.41, 5.74) is 5.70. The molecule has 0 aromatic rings. The molecule has 3 heteroatoms. The van der Waals surface area contributed by atoms with Crippen LogP contribution in [-0.2, 0) is 4.74 Å². The van der Waals surface area contributed by atoms with E-state index >= 15 is 0 Å². The Morgan fingerprint density at radius 2 is 1.79 bits per heavy atom. The molecule has 0 aromatic heterocycles. The minimum atomic E-state index is -0.0410. The van der Waals surface area contributed by atoms with E-state index < -0.39 is 0 Å². The van der Waals surface area contributed by atoms with E-state index in [4.69, 9.17) is 10.5 Å². The summed E-state index contributed by atoms with van der Waals surface area (Å²) in [6.45, 7) is 10.9. The van der Waals surface area contributed by atoms with Gasteiger partial charge in [-0.15, -0.1) is 0 Å². The number of nitrogens with zero attached hydrogens (tertiary/aromatic N) is 1. The van der Waals surface area contributed by atoms with Gasteiger partial charge in [0.15, 0.2) is 0 Å². The Kier molecular flexibility index (Phi) is 4.59. The first-order valence-electron chi connectivity index (χ1n) is 8.02. The van der Waals surface area contributed by atoms with Crippen molar-refractivity contribution in [3.05, 3.63) is 0 Å². The molecule has 0 spiro atoms. The summed E-state index contributed by atoms with van der Waals surface area (Å²) in [6, 6.07) is 1.30. The molecule has 1 saturated carbocycles. The van der Waals surface area contributed by atoms with Crippen LogP contribution in [0.2, 0.25) is 0 Å². The van der Waals surface area contributed by atoms with Crippen molar-refractivity contribution in [1.82, 2.24) is 4.90 Å². The number of nitrogens with two attached hydrogens (primary N) is 1. The highest BCUT2D eigenvalue weighted by Crippen LogP contribution is 2.42. The van der Waals surface area contributed by atoms with Gasteiger partial charge < -0.3 is 10.5 Å². The first-order chi connectivity index (χ1) is 8.86. The normalized spacial score (nSPS) is 30.3. The average molecular weight is 268 g/mol. The van der Waals surface area contributed by atoms with Crippen LogP contribution in [0.5, 0.6) is 0 Å². The van der Waals surface area contributed by atoms with Gasteiger partial charge in [0.2, 0.25) is 0 Å². The van der Waals surface area contributed by atoms with Gasteiger partial charge in [-0.1, -0.05) is 12.8 Å². The van der Waals surface area contributed by atoms with Gasteiger partial charge in [-0.05, 0) is 59.9 Å². The van der Waals surface area contributed by atoms with Gasteiger partial charge >= 0.3 is 0 Å². The fourth-order valence-corrected chi connectivity index (χ4v) is 4.15. The second-order valence-electron chi connectivity index (χ2n) is 7.50. The Morgan fingerprint density at radius 3 is 2.26 bits per heavy atom. The standard InChI is InChI=1S/C16H32N2O/c1-15(2)12-14(16(3,4)19-15)18(11-7-10-17)13-8-5-6-9-13/h13-14H,5-12,17H2,1-4H3. The Bertz CT molecular complexity index is 295. The molecule has 0 bridgehead atoms. The van der Waals surface area contributed by atoms with Gasteiger partial charge in [0.05, 0.1) is 11.2 Å². The lowest BCUT2D eigenvalue weighted by Gasteiger charge is -2.40. The summed E-state index contributed by atoms with van der Waals surface area (Å²) in [7, 11) is 0. The van der Waals surface area contributed by atoms with Gasteiger partial charge in [-0.25, -0.2) is 0 Å². The molecule has 2 N–H and O–H groups in total. The van der Waals surface area contributed by atoms with Crippen molar-refractivity contribution in [1.29, 1.82) is 0 Å². The Labute approximate surface area is 118 Å². The highest BCUT2D eigenvalue weighted by molar-refractivity contribution is 5.02. The van der Waals surface area contributed by atoms with E-state index in [0.717, 1.165) is 32.0 Å². The molecule has 1 unspecified atom stereocenters. The first kappa shape index (κ1) is 15.3. The van der Waals surface area contributed by atoms with E-state index in [9.17, 15) is 0 Å². The smallest absolute Gasteiger partial charge is 0.0789 e. The van der Waals surface area contributed by atoms with Gasteiger partial charge in [-0.3, -0.25) is 4.90 Å². The van der Waals surface area contributed by atoms with Crippen molar-refractivity contribution in [3.63, 3.8) is 0 Å². The largest absolute Gasteiger partial charge is 0.368 e. The van der Waals surface area contributed by atoms with Gasteiger partial charge in [0.1, 0.15) is 0 Å². The summed E-state index contributed by atoms with van der Waals surface area (Å²) in [5, 5.41) is 0. The molecule has 1 saturated heterocycles. The Morgan fingerprint density at radius 1 is 1.16 bits per heavy atom. The van der Waals surface area contributed by atoms with E-state index in [2.05, 4.69) is 32.6 Å². The zero-order valence-corrected chi connectivity index (χ0v) is 13.2. The molecule has 1 heterocycles. The third-order valence-electron chi connectivity index (χ3n) is 4.84. The van der Waals surface area contributed by atoms with E-state index in [1.807, 2.05) is 0 Å². The monoisotopic (exact) mass is 268 g/mol. The third-order valence-corrected chi connectivity index (χ3v) is 4.84. The lowest BCUT2D eigenvalue weighted by Crippen LogP contribution is -2.51. The van der Waals surface area contributed by atoms with Gasteiger partial charge in [0, 0.05) is 18.6 Å². The minimum absolute atomic E-state index is 0.00767. The van der Waals surface area contributed by atoms with Crippen molar-refractivity contribution in [2.24, 2.45) is 5.73 Å². The second-order valence-corrected chi connectivity index (χ2v) is 7.50. The number of hydrogen-bond donors (Lipinski definition) is 1. The summed E-state index contributed by atoms with van der Waals surface area (Å²) < 4.78 is 6.30. The molecule has 112 valence electrons. The highest BCUT2D eigenvalue weighted by Gasteiger charge is 2.49. The lowest BCUT2D eigenvalue weighted by atomic mass is 9.91. The topological polar surface area (TPSA) is 38.5 Å². The van der Waals surface area contributed by atoms with Crippen molar-refractivity contribution < 1.29 is 4.74 Å².